The molecule has 5 nitrogen and oxygen atoms in total. The Morgan fingerprint density at radius 2 is 2.05 bits per heavy atom. The van der Waals surface area contributed by atoms with Crippen molar-refractivity contribution >= 4 is 34.9 Å². The average Bonchev–Trinajstić information content (AvgIpc) is 2.89. The Labute approximate surface area is 127 Å². The number of anilines is 2. The van der Waals surface area contributed by atoms with Crippen LogP contribution < -0.4 is 10.6 Å². The van der Waals surface area contributed by atoms with Crippen molar-refractivity contribution in [2.45, 2.75) is 26.3 Å². The number of hydrogen-bond acceptors (Lipinski definition) is 5. The summed E-state index contributed by atoms with van der Waals surface area (Å²) in [5.74, 6) is 0.543. The molecular formula is C13H16Cl2N4O. The van der Waals surface area contributed by atoms with Gasteiger partial charge in [-0.2, -0.15) is 0 Å². The van der Waals surface area contributed by atoms with E-state index in [0.29, 0.717) is 22.0 Å². The molecule has 2 aromatic rings. The summed E-state index contributed by atoms with van der Waals surface area (Å²) in [7, 11) is 0. The van der Waals surface area contributed by atoms with Gasteiger partial charge in [0.25, 0.3) is 0 Å². The van der Waals surface area contributed by atoms with Gasteiger partial charge in [-0.15, -0.1) is 5.10 Å². The van der Waals surface area contributed by atoms with Crippen molar-refractivity contribution in [2.75, 3.05) is 11.9 Å². The van der Waals surface area contributed by atoms with E-state index in [4.69, 9.17) is 27.6 Å². The van der Waals surface area contributed by atoms with Crippen LogP contribution in [-0.2, 0) is 0 Å². The third-order valence-electron chi connectivity index (χ3n) is 2.68. The lowest BCUT2D eigenvalue weighted by molar-refractivity contribution is 0.424. The van der Waals surface area contributed by atoms with Gasteiger partial charge in [-0.05, 0) is 38.1 Å². The molecular weight excluding hydrogens is 299 g/mol. The maximum Gasteiger partial charge on any atom is 0.320 e. The van der Waals surface area contributed by atoms with E-state index in [0.717, 1.165) is 18.7 Å². The first-order chi connectivity index (χ1) is 9.60. The summed E-state index contributed by atoms with van der Waals surface area (Å²) >= 11 is 11.8. The van der Waals surface area contributed by atoms with Gasteiger partial charge in [0.15, 0.2) is 0 Å². The van der Waals surface area contributed by atoms with Gasteiger partial charge in [-0.1, -0.05) is 35.2 Å². The number of nitrogens with one attached hydrogen (secondary N) is 2. The summed E-state index contributed by atoms with van der Waals surface area (Å²) in [6.45, 7) is 4.98. The lowest BCUT2D eigenvalue weighted by Crippen LogP contribution is -2.19. The van der Waals surface area contributed by atoms with E-state index < -0.39 is 0 Å². The molecule has 1 aromatic carbocycles. The van der Waals surface area contributed by atoms with Gasteiger partial charge in [0.1, 0.15) is 0 Å². The zero-order chi connectivity index (χ0) is 14.5. The quantitative estimate of drug-likeness (QED) is 0.837. The predicted molar refractivity (Wildman–Crippen MR) is 80.8 cm³/mol. The van der Waals surface area contributed by atoms with E-state index >= 15 is 0 Å². The molecule has 0 spiro atoms. The first kappa shape index (κ1) is 15.1. The van der Waals surface area contributed by atoms with E-state index in [1.165, 1.54) is 0 Å². The molecule has 0 aliphatic carbocycles. The minimum Gasteiger partial charge on any atom is -0.406 e. The Morgan fingerprint density at radius 1 is 1.25 bits per heavy atom. The topological polar surface area (TPSA) is 63.0 Å². The SMILES string of the molecule is CCCNC(C)c1nnc(Nc2ccc(Cl)c(Cl)c2)o1. The minimum atomic E-state index is 0.0202. The normalized spacial score (nSPS) is 12.4. The summed E-state index contributed by atoms with van der Waals surface area (Å²) in [6, 6.07) is 5.54. The van der Waals surface area contributed by atoms with Crippen LogP contribution >= 0.6 is 23.2 Å². The summed E-state index contributed by atoms with van der Waals surface area (Å²) in [5.41, 5.74) is 0.740. The molecule has 1 heterocycles. The highest BCUT2D eigenvalue weighted by Gasteiger charge is 2.13. The highest BCUT2D eigenvalue weighted by Crippen LogP contribution is 2.27. The van der Waals surface area contributed by atoms with Gasteiger partial charge in [0.05, 0.1) is 16.1 Å². The molecule has 1 aromatic heterocycles. The first-order valence-corrected chi connectivity index (χ1v) is 7.14. The van der Waals surface area contributed by atoms with E-state index in [2.05, 4.69) is 27.8 Å². The van der Waals surface area contributed by atoms with Crippen molar-refractivity contribution in [1.29, 1.82) is 0 Å². The molecule has 0 saturated carbocycles. The molecule has 0 bridgehead atoms. The molecule has 0 saturated heterocycles. The second-order valence-corrected chi connectivity index (χ2v) is 5.19. The summed E-state index contributed by atoms with van der Waals surface area (Å²) in [5, 5.41) is 15.2. The van der Waals surface area contributed by atoms with Crippen molar-refractivity contribution in [1.82, 2.24) is 15.5 Å². The number of hydrogen-bond donors (Lipinski definition) is 2. The molecule has 2 rings (SSSR count). The van der Waals surface area contributed by atoms with Crippen molar-refractivity contribution in [3.05, 3.63) is 34.1 Å². The summed E-state index contributed by atoms with van der Waals surface area (Å²) < 4.78 is 5.54. The number of rotatable bonds is 6. The van der Waals surface area contributed by atoms with Gasteiger partial charge in [-0.3, -0.25) is 0 Å². The largest absolute Gasteiger partial charge is 0.406 e. The Balaban J connectivity index is 2.03. The molecule has 0 radical (unpaired) electrons. The van der Waals surface area contributed by atoms with Crippen LogP contribution in [0.15, 0.2) is 22.6 Å². The number of benzene rings is 1. The lowest BCUT2D eigenvalue weighted by atomic mass is 10.3. The number of aromatic nitrogens is 2. The van der Waals surface area contributed by atoms with E-state index in [9.17, 15) is 0 Å². The highest BCUT2D eigenvalue weighted by molar-refractivity contribution is 6.42. The third-order valence-corrected chi connectivity index (χ3v) is 3.42. The monoisotopic (exact) mass is 314 g/mol. The smallest absolute Gasteiger partial charge is 0.320 e. The maximum atomic E-state index is 5.94. The predicted octanol–water partition coefficient (Wildman–Crippen LogP) is 4.18. The Kier molecular flexibility index (Phi) is 5.23. The molecule has 0 fully saturated rings. The van der Waals surface area contributed by atoms with Crippen LogP contribution in [0.5, 0.6) is 0 Å². The third kappa shape index (κ3) is 3.85. The highest BCUT2D eigenvalue weighted by atomic mass is 35.5. The Hall–Kier alpha value is -1.30. The van der Waals surface area contributed by atoms with Crippen molar-refractivity contribution < 1.29 is 4.42 Å². The number of halogens is 2. The summed E-state index contributed by atoms with van der Waals surface area (Å²) in [4.78, 5) is 0. The first-order valence-electron chi connectivity index (χ1n) is 6.39. The van der Waals surface area contributed by atoms with Crippen LogP contribution in [-0.4, -0.2) is 16.7 Å². The summed E-state index contributed by atoms with van der Waals surface area (Å²) in [6.07, 6.45) is 1.05. The van der Waals surface area contributed by atoms with Gasteiger partial charge in [0.2, 0.25) is 5.89 Å². The molecule has 1 unspecified atom stereocenters. The standard InChI is InChI=1S/C13H16Cl2N4O/c1-3-6-16-8(2)12-18-19-13(20-12)17-9-4-5-10(14)11(15)7-9/h4-5,7-8,16H,3,6H2,1-2H3,(H,17,19). The Morgan fingerprint density at radius 3 is 2.75 bits per heavy atom. The van der Waals surface area contributed by atoms with Crippen LogP contribution in [0.25, 0.3) is 0 Å². The fraction of sp³-hybridized carbons (Fsp3) is 0.385. The molecule has 0 aliphatic heterocycles. The van der Waals surface area contributed by atoms with Gasteiger partial charge >= 0.3 is 6.01 Å². The minimum absolute atomic E-state index is 0.0202. The van der Waals surface area contributed by atoms with Crippen LogP contribution in [0, 0.1) is 0 Å². The second-order valence-electron chi connectivity index (χ2n) is 4.38. The fourth-order valence-corrected chi connectivity index (χ4v) is 1.90. The maximum absolute atomic E-state index is 5.94. The zero-order valence-corrected chi connectivity index (χ0v) is 12.8. The molecule has 7 heteroatoms. The van der Waals surface area contributed by atoms with Crippen LogP contribution in [0.4, 0.5) is 11.7 Å². The van der Waals surface area contributed by atoms with E-state index in [-0.39, 0.29) is 6.04 Å². The van der Waals surface area contributed by atoms with E-state index in [1.807, 2.05) is 6.92 Å². The Bertz CT molecular complexity index is 573. The van der Waals surface area contributed by atoms with Crippen molar-refractivity contribution in [3.63, 3.8) is 0 Å². The molecule has 20 heavy (non-hydrogen) atoms. The molecule has 2 N–H and O–H groups in total. The van der Waals surface area contributed by atoms with Crippen LogP contribution in [0.2, 0.25) is 10.0 Å². The van der Waals surface area contributed by atoms with Gasteiger partial charge in [0, 0.05) is 5.69 Å². The zero-order valence-electron chi connectivity index (χ0n) is 11.3. The average molecular weight is 315 g/mol. The van der Waals surface area contributed by atoms with Crippen LogP contribution in [0.3, 0.4) is 0 Å². The van der Waals surface area contributed by atoms with Crippen molar-refractivity contribution in [2.24, 2.45) is 0 Å². The van der Waals surface area contributed by atoms with Crippen LogP contribution in [0.1, 0.15) is 32.2 Å². The van der Waals surface area contributed by atoms with Gasteiger partial charge in [-0.25, -0.2) is 0 Å². The fourth-order valence-electron chi connectivity index (χ4n) is 1.61. The molecule has 0 amide bonds. The van der Waals surface area contributed by atoms with Crippen molar-refractivity contribution in [3.8, 4) is 0 Å². The van der Waals surface area contributed by atoms with Gasteiger partial charge < -0.3 is 15.1 Å². The van der Waals surface area contributed by atoms with E-state index in [1.54, 1.807) is 18.2 Å². The molecule has 108 valence electrons. The number of nitrogens with zero attached hydrogens (tertiary/aromatic N) is 2. The second kappa shape index (κ2) is 6.92. The molecule has 0 aliphatic rings. The molecule has 1 atom stereocenters. The lowest BCUT2D eigenvalue weighted by Gasteiger charge is -2.07.